The van der Waals surface area contributed by atoms with Crippen molar-refractivity contribution in [2.24, 2.45) is 27.9 Å². The number of carboxylic acid groups (broad SMARTS) is 2. The summed E-state index contributed by atoms with van der Waals surface area (Å²) in [7, 11) is 0. The van der Waals surface area contributed by atoms with Crippen LogP contribution in [0.3, 0.4) is 0 Å². The zero-order valence-corrected chi connectivity index (χ0v) is 22.5. The molecule has 0 saturated carbocycles. The van der Waals surface area contributed by atoms with Gasteiger partial charge in [-0.25, -0.2) is 22.9 Å². The molecule has 0 fully saturated rings. The van der Waals surface area contributed by atoms with Gasteiger partial charge in [-0.05, 0) is 30.9 Å². The number of guanidine groups is 1. The Morgan fingerprint density at radius 1 is 1.02 bits per heavy atom. The Morgan fingerprint density at radius 3 is 2.21 bits per heavy atom. The Morgan fingerprint density at radius 2 is 1.65 bits per heavy atom. The van der Waals surface area contributed by atoms with Gasteiger partial charge in [0.25, 0.3) is 0 Å². The molecule has 0 radical (unpaired) electrons. The predicted octanol–water partition coefficient (Wildman–Crippen LogP) is 0.772. The van der Waals surface area contributed by atoms with Gasteiger partial charge < -0.3 is 42.6 Å². The average molecular weight is 625 g/mol. The van der Waals surface area contributed by atoms with Crippen LogP contribution < -0.4 is 22.9 Å². The summed E-state index contributed by atoms with van der Waals surface area (Å²) >= 11 is 0. The average Bonchev–Trinajstić information content (AvgIpc) is 3.30. The second kappa shape index (κ2) is 14.7. The van der Waals surface area contributed by atoms with Crippen LogP contribution in [0.4, 0.5) is 26.3 Å². The van der Waals surface area contributed by atoms with Crippen LogP contribution in [0.15, 0.2) is 17.1 Å². The molecule has 1 amide bonds. The van der Waals surface area contributed by atoms with Crippen molar-refractivity contribution in [1.82, 2.24) is 14.5 Å². The summed E-state index contributed by atoms with van der Waals surface area (Å²) in [4.78, 5) is 42.0. The van der Waals surface area contributed by atoms with Crippen molar-refractivity contribution in [3.8, 4) is 0 Å². The lowest BCUT2D eigenvalue weighted by atomic mass is 10.0. The number of amides is 1. The number of aromatic carboxylic acids is 1. The third-order valence-electron chi connectivity index (χ3n) is 6.11. The number of halogens is 6. The van der Waals surface area contributed by atoms with Gasteiger partial charge in [0.15, 0.2) is 23.3 Å². The highest BCUT2D eigenvalue weighted by molar-refractivity contribution is 5.87. The number of carbonyl (C=O) groups is 3. The summed E-state index contributed by atoms with van der Waals surface area (Å²) in [5, 5.41) is 17.5. The third kappa shape index (κ3) is 9.84. The van der Waals surface area contributed by atoms with E-state index in [9.17, 15) is 40.7 Å². The molecule has 238 valence electrons. The van der Waals surface area contributed by atoms with Gasteiger partial charge in [-0.1, -0.05) is 0 Å². The molecule has 0 aliphatic carbocycles. The quantitative estimate of drug-likeness (QED) is 0.0715. The van der Waals surface area contributed by atoms with Gasteiger partial charge in [0.2, 0.25) is 11.7 Å². The standard InChI is InChI=1S/C18H16F6N4O3.C6H14N4O2/c19-10-6-12(21)11(20)4-8(10)3-9(25)5-14(29)27-1-2-28-13(7-27)15(16(30)31)26-17(28)18(22,23)24;7-4(5(11)12)2-1-3-10-6(8)9/h4,6,9H,1-3,5,7,25H2,(H,30,31);4H,1-3,7H2,(H,11,12)(H4,8,9,10)/t9-;4-/m10/s1. The fraction of sp³-hybridized carbons (Fsp3) is 0.458. The molecule has 0 unspecified atom stereocenters. The predicted molar refractivity (Wildman–Crippen MR) is 138 cm³/mol. The third-order valence-corrected chi connectivity index (χ3v) is 6.11. The second-order valence-electron chi connectivity index (χ2n) is 9.42. The van der Waals surface area contributed by atoms with Gasteiger partial charge in [-0.3, -0.25) is 14.6 Å². The summed E-state index contributed by atoms with van der Waals surface area (Å²) in [5.74, 6) is -8.32. The number of rotatable bonds is 10. The highest BCUT2D eigenvalue weighted by atomic mass is 19.4. The molecule has 43 heavy (non-hydrogen) atoms. The molecule has 2 aromatic rings. The first kappa shape index (κ1) is 34.8. The van der Waals surface area contributed by atoms with Crippen LogP contribution >= 0.6 is 0 Å². The van der Waals surface area contributed by atoms with Gasteiger partial charge in [0.1, 0.15) is 11.9 Å². The van der Waals surface area contributed by atoms with Crippen LogP contribution in [-0.2, 0) is 35.3 Å². The van der Waals surface area contributed by atoms with Crippen molar-refractivity contribution in [1.29, 1.82) is 0 Å². The number of alkyl halides is 3. The molecule has 10 N–H and O–H groups in total. The van der Waals surface area contributed by atoms with Crippen molar-refractivity contribution < 1.29 is 50.9 Å². The van der Waals surface area contributed by atoms with Crippen LogP contribution in [0.5, 0.6) is 0 Å². The highest BCUT2D eigenvalue weighted by Crippen LogP contribution is 2.32. The lowest BCUT2D eigenvalue weighted by Crippen LogP contribution is -2.42. The molecule has 19 heteroatoms. The molecular weight excluding hydrogens is 594 g/mol. The Kier molecular flexibility index (Phi) is 11.9. The number of aromatic nitrogens is 2. The summed E-state index contributed by atoms with van der Waals surface area (Å²) in [6.07, 6.45) is -4.58. The SMILES string of the molecule is NC(N)=NCCC[C@H](N)C(=O)O.N[C@@H](CC(=O)N1CCn2c(C(F)(F)F)nc(C(=O)O)c2C1)Cc1cc(F)c(F)cc1F. The van der Waals surface area contributed by atoms with Crippen molar-refractivity contribution in [2.45, 2.75) is 57.0 Å². The van der Waals surface area contributed by atoms with E-state index in [0.717, 1.165) is 4.90 Å². The summed E-state index contributed by atoms with van der Waals surface area (Å²) in [5.41, 5.74) is 19.8. The number of benzene rings is 1. The van der Waals surface area contributed by atoms with Gasteiger partial charge in [-0.15, -0.1) is 0 Å². The van der Waals surface area contributed by atoms with Crippen molar-refractivity contribution in [3.63, 3.8) is 0 Å². The van der Waals surface area contributed by atoms with Gasteiger partial charge in [-0.2, -0.15) is 13.2 Å². The molecule has 2 heterocycles. The lowest BCUT2D eigenvalue weighted by Gasteiger charge is -2.30. The smallest absolute Gasteiger partial charge is 0.449 e. The molecule has 0 spiro atoms. The van der Waals surface area contributed by atoms with Crippen LogP contribution in [0.1, 0.15) is 46.8 Å². The fourth-order valence-electron chi connectivity index (χ4n) is 4.04. The van der Waals surface area contributed by atoms with E-state index in [1.54, 1.807) is 0 Å². The van der Waals surface area contributed by atoms with E-state index in [4.69, 9.17) is 33.1 Å². The van der Waals surface area contributed by atoms with Crippen LogP contribution in [0.2, 0.25) is 0 Å². The van der Waals surface area contributed by atoms with E-state index in [2.05, 4.69) is 9.98 Å². The molecule has 1 aliphatic heterocycles. The van der Waals surface area contributed by atoms with Crippen molar-refractivity contribution in [3.05, 3.63) is 52.4 Å². The number of imidazole rings is 1. The van der Waals surface area contributed by atoms with E-state index in [1.165, 1.54) is 0 Å². The first-order chi connectivity index (χ1) is 19.9. The fourth-order valence-corrected chi connectivity index (χ4v) is 4.04. The first-order valence-corrected chi connectivity index (χ1v) is 12.5. The first-order valence-electron chi connectivity index (χ1n) is 12.5. The molecule has 1 aromatic heterocycles. The van der Waals surface area contributed by atoms with E-state index >= 15 is 0 Å². The summed E-state index contributed by atoms with van der Waals surface area (Å²) in [6.45, 7) is -0.501. The second-order valence-corrected chi connectivity index (χ2v) is 9.42. The lowest BCUT2D eigenvalue weighted by molar-refractivity contribution is -0.148. The van der Waals surface area contributed by atoms with Crippen LogP contribution in [-0.4, -0.2) is 73.6 Å². The number of carbonyl (C=O) groups excluding carboxylic acids is 1. The van der Waals surface area contributed by atoms with E-state index in [-0.39, 0.29) is 43.1 Å². The number of hydrogen-bond donors (Lipinski definition) is 6. The number of carboxylic acids is 2. The van der Waals surface area contributed by atoms with E-state index in [1.807, 2.05) is 0 Å². The van der Waals surface area contributed by atoms with Crippen LogP contribution in [0.25, 0.3) is 0 Å². The maximum Gasteiger partial charge on any atom is 0.449 e. The largest absolute Gasteiger partial charge is 0.480 e. The zero-order chi connectivity index (χ0) is 32.6. The Bertz CT molecular complexity index is 1360. The van der Waals surface area contributed by atoms with Crippen LogP contribution in [0, 0.1) is 17.5 Å². The number of hydrogen-bond acceptors (Lipinski definition) is 7. The number of aliphatic carboxylic acids is 1. The minimum absolute atomic E-state index is 0.0129. The van der Waals surface area contributed by atoms with Gasteiger partial charge in [0, 0.05) is 38.2 Å². The molecule has 0 bridgehead atoms. The maximum atomic E-state index is 13.8. The topological polar surface area (TPSA) is 229 Å². The monoisotopic (exact) mass is 624 g/mol. The van der Waals surface area contributed by atoms with Gasteiger partial charge >= 0.3 is 18.1 Å². The number of nitrogens with zero attached hydrogens (tertiary/aromatic N) is 4. The van der Waals surface area contributed by atoms with Gasteiger partial charge in [0.05, 0.1) is 12.2 Å². The molecular formula is C24H30F6N8O5. The van der Waals surface area contributed by atoms with Crippen molar-refractivity contribution >= 4 is 23.8 Å². The molecule has 0 saturated heterocycles. The Hall–Kier alpha value is -4.39. The molecule has 2 atom stereocenters. The minimum Gasteiger partial charge on any atom is -0.480 e. The Balaban J connectivity index is 0.000000455. The molecule has 1 aromatic carbocycles. The van der Waals surface area contributed by atoms with E-state index < -0.39 is 71.6 Å². The minimum atomic E-state index is -4.87. The highest BCUT2D eigenvalue weighted by Gasteiger charge is 2.41. The normalized spacial score (nSPS) is 14.2. The number of fused-ring (bicyclic) bond motifs is 1. The molecule has 1 aliphatic rings. The van der Waals surface area contributed by atoms with E-state index in [0.29, 0.717) is 36.1 Å². The molecule has 13 nitrogen and oxygen atoms in total. The summed E-state index contributed by atoms with van der Waals surface area (Å²) in [6, 6.07) is -0.828. The maximum absolute atomic E-state index is 13.8. The van der Waals surface area contributed by atoms with Crippen molar-refractivity contribution in [2.75, 3.05) is 13.1 Å². The Labute approximate surface area is 240 Å². The molecule has 3 rings (SSSR count). The number of nitrogens with two attached hydrogens (primary N) is 4. The summed E-state index contributed by atoms with van der Waals surface area (Å²) < 4.78 is 80.1. The zero-order valence-electron chi connectivity index (χ0n) is 22.5. The number of aliphatic imine (C=N–C) groups is 1.